The number of carbonyl (C=O) groups excluding carboxylic acids is 2. The van der Waals surface area contributed by atoms with Crippen LogP contribution in [-0.2, 0) is 23.8 Å². The van der Waals surface area contributed by atoms with Crippen molar-refractivity contribution >= 4 is 23.5 Å². The van der Waals surface area contributed by atoms with Gasteiger partial charge in [0, 0.05) is 35.2 Å². The van der Waals surface area contributed by atoms with E-state index in [9.17, 15) is 9.59 Å². The maximum atomic E-state index is 13.3. The van der Waals surface area contributed by atoms with Crippen molar-refractivity contribution in [2.45, 2.75) is 54.1 Å². The van der Waals surface area contributed by atoms with E-state index in [2.05, 4.69) is 25.6 Å². The number of methoxy groups -OCH3 is 1. The van der Waals surface area contributed by atoms with Crippen LogP contribution in [0.4, 0.5) is 0 Å². The van der Waals surface area contributed by atoms with Gasteiger partial charge in [0.25, 0.3) is 0 Å². The molecule has 150 valence electrons. The standard InChI is InChI=1S/C22H26O5S/c1-13-15-11-17(23)16(12-25-3)18(28-14-7-5-4-6-8-14)9-10-22(2)20(27-22)19(15)26-21(13)24/h4-8,15-16,18-20H,1,9-12H2,2-3H3/t15-,16?,18?,19-,20+,22+/m0/s1. The molecule has 0 bridgehead atoms. The van der Waals surface area contributed by atoms with E-state index in [0.717, 1.165) is 17.7 Å². The second-order valence-corrected chi connectivity index (χ2v) is 9.41. The van der Waals surface area contributed by atoms with Crippen molar-refractivity contribution in [1.29, 1.82) is 0 Å². The molecule has 28 heavy (non-hydrogen) atoms. The second-order valence-electron chi connectivity index (χ2n) is 8.09. The highest BCUT2D eigenvalue weighted by Crippen LogP contribution is 2.51. The van der Waals surface area contributed by atoms with Gasteiger partial charge in [0.2, 0.25) is 0 Å². The fourth-order valence-electron chi connectivity index (χ4n) is 4.42. The molecule has 1 aromatic carbocycles. The van der Waals surface area contributed by atoms with Gasteiger partial charge in [0.05, 0.1) is 18.1 Å². The molecule has 2 aliphatic heterocycles. The van der Waals surface area contributed by atoms with Crippen molar-refractivity contribution in [2.75, 3.05) is 13.7 Å². The maximum absolute atomic E-state index is 13.3. The molecule has 1 saturated carbocycles. The monoisotopic (exact) mass is 402 g/mol. The number of hydrogen-bond donors (Lipinski definition) is 0. The summed E-state index contributed by atoms with van der Waals surface area (Å²) in [5.74, 6) is -0.864. The second kappa shape index (κ2) is 7.65. The van der Waals surface area contributed by atoms with Gasteiger partial charge in [-0.25, -0.2) is 4.79 Å². The highest BCUT2D eigenvalue weighted by Gasteiger charge is 2.62. The molecule has 1 aliphatic carbocycles. The van der Waals surface area contributed by atoms with Crippen LogP contribution in [0.3, 0.4) is 0 Å². The Morgan fingerprint density at radius 3 is 2.75 bits per heavy atom. The van der Waals surface area contributed by atoms with E-state index in [1.165, 1.54) is 0 Å². The first-order valence-electron chi connectivity index (χ1n) is 9.74. The Morgan fingerprint density at radius 2 is 2.04 bits per heavy atom. The molecule has 6 atom stereocenters. The minimum Gasteiger partial charge on any atom is -0.455 e. The minimum atomic E-state index is -0.407. The summed E-state index contributed by atoms with van der Waals surface area (Å²) in [4.78, 5) is 26.5. The van der Waals surface area contributed by atoms with Crippen molar-refractivity contribution in [2.24, 2.45) is 11.8 Å². The van der Waals surface area contributed by atoms with Crippen molar-refractivity contribution in [3.8, 4) is 0 Å². The highest BCUT2D eigenvalue weighted by atomic mass is 32.2. The lowest BCUT2D eigenvalue weighted by Crippen LogP contribution is -2.37. The zero-order chi connectivity index (χ0) is 19.9. The molecule has 3 aliphatic rings. The predicted octanol–water partition coefficient (Wildman–Crippen LogP) is 3.42. The summed E-state index contributed by atoms with van der Waals surface area (Å²) in [7, 11) is 1.63. The zero-order valence-electron chi connectivity index (χ0n) is 16.3. The largest absolute Gasteiger partial charge is 0.455 e. The minimum absolute atomic E-state index is 0.0827. The van der Waals surface area contributed by atoms with E-state index in [1.54, 1.807) is 18.9 Å². The number of carbonyl (C=O) groups is 2. The average molecular weight is 403 g/mol. The van der Waals surface area contributed by atoms with Crippen LogP contribution in [0.25, 0.3) is 0 Å². The summed E-state index contributed by atoms with van der Waals surface area (Å²) >= 11 is 1.72. The van der Waals surface area contributed by atoms with Crippen LogP contribution < -0.4 is 0 Å². The smallest absolute Gasteiger partial charge is 0.334 e. The molecule has 0 radical (unpaired) electrons. The van der Waals surface area contributed by atoms with E-state index >= 15 is 0 Å². The Morgan fingerprint density at radius 1 is 1.29 bits per heavy atom. The number of rotatable bonds is 4. The first kappa shape index (κ1) is 19.7. The number of fused-ring (bicyclic) bond motifs is 3. The normalized spacial score (nSPS) is 37.8. The molecule has 0 spiro atoms. The van der Waals surface area contributed by atoms with Crippen molar-refractivity contribution in [3.05, 3.63) is 42.5 Å². The third-order valence-electron chi connectivity index (χ3n) is 6.17. The predicted molar refractivity (Wildman–Crippen MR) is 106 cm³/mol. The highest BCUT2D eigenvalue weighted by molar-refractivity contribution is 8.00. The topological polar surface area (TPSA) is 65.1 Å². The maximum Gasteiger partial charge on any atom is 0.334 e. The van der Waals surface area contributed by atoms with Crippen molar-refractivity contribution < 1.29 is 23.8 Å². The Bertz CT molecular complexity index is 778. The third kappa shape index (κ3) is 3.65. The van der Waals surface area contributed by atoms with E-state index in [-0.39, 0.29) is 41.0 Å². The first-order chi connectivity index (χ1) is 13.4. The molecular formula is C22H26O5S. The summed E-state index contributed by atoms with van der Waals surface area (Å²) in [6.07, 6.45) is 1.32. The molecule has 0 amide bonds. The fourth-order valence-corrected chi connectivity index (χ4v) is 5.71. The van der Waals surface area contributed by atoms with Crippen LogP contribution in [0.5, 0.6) is 0 Å². The molecule has 2 unspecified atom stereocenters. The Hall–Kier alpha value is -1.63. The summed E-state index contributed by atoms with van der Waals surface area (Å²) in [5, 5.41) is 0.0827. The number of ketones is 1. The third-order valence-corrected chi connectivity index (χ3v) is 7.59. The lowest BCUT2D eigenvalue weighted by molar-refractivity contribution is -0.140. The molecule has 0 aromatic heterocycles. The van der Waals surface area contributed by atoms with Crippen LogP contribution in [-0.4, -0.2) is 48.5 Å². The fraction of sp³-hybridized carbons (Fsp3) is 0.545. The van der Waals surface area contributed by atoms with Gasteiger partial charge < -0.3 is 14.2 Å². The lowest BCUT2D eigenvalue weighted by atomic mass is 9.80. The van der Waals surface area contributed by atoms with Gasteiger partial charge >= 0.3 is 5.97 Å². The van der Waals surface area contributed by atoms with E-state index in [4.69, 9.17) is 14.2 Å². The number of esters is 1. The van der Waals surface area contributed by atoms with Gasteiger partial charge in [-0.2, -0.15) is 0 Å². The van der Waals surface area contributed by atoms with Gasteiger partial charge in [-0.1, -0.05) is 24.8 Å². The molecule has 3 fully saturated rings. The summed E-state index contributed by atoms with van der Waals surface area (Å²) in [6, 6.07) is 10.1. The summed E-state index contributed by atoms with van der Waals surface area (Å²) < 4.78 is 17.0. The SMILES string of the molecule is C=C1C(=O)O[C@@H]2[C@H]3O[C@]3(C)CCC(Sc3ccccc3)C(COC)C(=O)C[C@@H]12. The van der Waals surface area contributed by atoms with Gasteiger partial charge in [0.1, 0.15) is 18.0 Å². The molecular weight excluding hydrogens is 376 g/mol. The average Bonchev–Trinajstić information content (AvgIpc) is 3.28. The molecule has 6 heteroatoms. The van der Waals surface area contributed by atoms with E-state index in [1.807, 2.05) is 18.2 Å². The number of epoxide rings is 1. The summed E-state index contributed by atoms with van der Waals surface area (Å²) in [5.41, 5.74) is 0.0709. The van der Waals surface area contributed by atoms with Crippen LogP contribution in [0.15, 0.2) is 47.4 Å². The van der Waals surface area contributed by atoms with Gasteiger partial charge in [-0.05, 0) is 31.9 Å². The Kier molecular flexibility index (Phi) is 5.38. The van der Waals surface area contributed by atoms with Crippen LogP contribution in [0.1, 0.15) is 26.2 Å². The molecule has 1 aromatic rings. The molecule has 4 rings (SSSR count). The molecule has 0 N–H and O–H groups in total. The van der Waals surface area contributed by atoms with Gasteiger partial charge in [-0.3, -0.25) is 4.79 Å². The van der Waals surface area contributed by atoms with Crippen molar-refractivity contribution in [3.63, 3.8) is 0 Å². The Labute approximate surface area is 169 Å². The number of Topliss-reactive ketones (excluding diaryl/α,β-unsaturated/α-hetero) is 1. The quantitative estimate of drug-likeness (QED) is 0.437. The molecule has 2 heterocycles. The van der Waals surface area contributed by atoms with Crippen LogP contribution in [0, 0.1) is 11.8 Å². The van der Waals surface area contributed by atoms with E-state index < -0.39 is 12.1 Å². The van der Waals surface area contributed by atoms with E-state index in [0.29, 0.717) is 12.2 Å². The lowest BCUT2D eigenvalue weighted by Gasteiger charge is -2.29. The number of ether oxygens (including phenoxy) is 3. The number of thioether (sulfide) groups is 1. The first-order valence-corrected chi connectivity index (χ1v) is 10.6. The number of hydrogen-bond acceptors (Lipinski definition) is 6. The zero-order valence-corrected chi connectivity index (χ0v) is 17.1. The van der Waals surface area contributed by atoms with Gasteiger partial charge in [-0.15, -0.1) is 11.8 Å². The number of benzene rings is 1. The summed E-state index contributed by atoms with van der Waals surface area (Å²) in [6.45, 7) is 6.33. The molecule has 5 nitrogen and oxygen atoms in total. The van der Waals surface area contributed by atoms with Crippen LogP contribution >= 0.6 is 11.8 Å². The van der Waals surface area contributed by atoms with Crippen LogP contribution in [0.2, 0.25) is 0 Å². The van der Waals surface area contributed by atoms with Crippen molar-refractivity contribution in [1.82, 2.24) is 0 Å². The van der Waals surface area contributed by atoms with Gasteiger partial charge in [0.15, 0.2) is 0 Å². The Balaban J connectivity index is 1.63. The molecule has 2 saturated heterocycles.